The highest BCUT2D eigenvalue weighted by molar-refractivity contribution is 6.29. The van der Waals surface area contributed by atoms with Crippen molar-refractivity contribution in [2.24, 2.45) is 5.41 Å². The molecule has 1 aromatic heterocycles. The molecule has 0 unspecified atom stereocenters. The summed E-state index contributed by atoms with van der Waals surface area (Å²) in [5.74, 6) is -1.14. The Morgan fingerprint density at radius 2 is 1.89 bits per heavy atom. The van der Waals surface area contributed by atoms with Crippen LogP contribution < -0.4 is 10.2 Å². The fourth-order valence-electron chi connectivity index (χ4n) is 1.74. The zero-order chi connectivity index (χ0) is 14.4. The highest BCUT2D eigenvalue weighted by Gasteiger charge is 2.47. The predicted octanol–water partition coefficient (Wildman–Crippen LogP) is 1.07. The van der Waals surface area contributed by atoms with Gasteiger partial charge < -0.3 is 0 Å². The number of nitrogens with one attached hydrogen (secondary N) is 1. The quantitative estimate of drug-likeness (QED) is 0.810. The van der Waals surface area contributed by atoms with Crippen LogP contribution in [0, 0.1) is 5.41 Å². The van der Waals surface area contributed by atoms with Gasteiger partial charge in [-0.25, -0.2) is 9.69 Å². The first kappa shape index (κ1) is 13.3. The molecule has 1 N–H and O–H groups in total. The van der Waals surface area contributed by atoms with Crippen LogP contribution in [0.15, 0.2) is 12.4 Å². The van der Waals surface area contributed by atoms with Crippen molar-refractivity contribution in [2.45, 2.75) is 33.7 Å². The molecule has 0 aliphatic carbocycles. The number of barbiturate groups is 1. The third kappa shape index (κ3) is 2.00. The molecule has 1 saturated heterocycles. The Balaban J connectivity index is 2.39. The molecule has 2 rings (SSSR count). The van der Waals surface area contributed by atoms with Crippen molar-refractivity contribution in [1.82, 2.24) is 15.1 Å². The van der Waals surface area contributed by atoms with E-state index >= 15 is 0 Å². The average molecular weight is 264 g/mol. The number of carbonyl (C=O) groups excluding carboxylic acids is 3. The van der Waals surface area contributed by atoms with Crippen molar-refractivity contribution < 1.29 is 14.4 Å². The Bertz CT molecular complexity index is 559. The summed E-state index contributed by atoms with van der Waals surface area (Å²) in [7, 11) is 0. The highest BCUT2D eigenvalue weighted by atomic mass is 16.2. The molecule has 1 aliphatic rings. The molecular formula is C12H16N4O3. The van der Waals surface area contributed by atoms with Crippen LogP contribution in [0.25, 0.3) is 0 Å². The van der Waals surface area contributed by atoms with Crippen molar-refractivity contribution in [3.05, 3.63) is 12.4 Å². The summed E-state index contributed by atoms with van der Waals surface area (Å²) >= 11 is 0. The first-order chi connectivity index (χ1) is 8.75. The zero-order valence-corrected chi connectivity index (χ0v) is 11.3. The smallest absolute Gasteiger partial charge is 0.276 e. The summed E-state index contributed by atoms with van der Waals surface area (Å²) < 4.78 is 1.64. The van der Waals surface area contributed by atoms with Crippen LogP contribution >= 0.6 is 0 Å². The number of imide groups is 2. The Morgan fingerprint density at radius 1 is 1.26 bits per heavy atom. The van der Waals surface area contributed by atoms with Crippen LogP contribution in [0.5, 0.6) is 0 Å². The van der Waals surface area contributed by atoms with Gasteiger partial charge in [-0.1, -0.05) is 0 Å². The minimum absolute atomic E-state index is 0.117. The second-order valence-corrected chi connectivity index (χ2v) is 5.30. The molecule has 0 radical (unpaired) electrons. The minimum atomic E-state index is -1.27. The standard InChI is InChI=1S/C12H16N4O3/c1-7(2)15-6-8(5-13-15)16-10(18)12(3,4)9(17)14-11(16)19/h5-7H,1-4H3,(H,14,17,19). The maximum Gasteiger partial charge on any atom is 0.335 e. The molecule has 7 heteroatoms. The summed E-state index contributed by atoms with van der Waals surface area (Å²) in [5.41, 5.74) is -0.912. The van der Waals surface area contributed by atoms with Crippen molar-refractivity contribution >= 4 is 23.5 Å². The summed E-state index contributed by atoms with van der Waals surface area (Å²) in [5, 5.41) is 6.26. The van der Waals surface area contributed by atoms with Gasteiger partial charge in [0.1, 0.15) is 5.41 Å². The SMILES string of the molecule is CC(C)n1cc(N2C(=O)NC(=O)C(C)(C)C2=O)cn1. The van der Waals surface area contributed by atoms with Crippen molar-refractivity contribution in [3.8, 4) is 0 Å². The fraction of sp³-hybridized carbons (Fsp3) is 0.500. The van der Waals surface area contributed by atoms with Gasteiger partial charge in [0.15, 0.2) is 0 Å². The number of carbonyl (C=O) groups is 3. The van der Waals surface area contributed by atoms with Gasteiger partial charge in [-0.2, -0.15) is 5.10 Å². The lowest BCUT2D eigenvalue weighted by atomic mass is 9.88. The van der Waals surface area contributed by atoms with E-state index in [0.29, 0.717) is 5.69 Å². The average Bonchev–Trinajstić information content (AvgIpc) is 2.76. The first-order valence-corrected chi connectivity index (χ1v) is 5.99. The van der Waals surface area contributed by atoms with Gasteiger partial charge >= 0.3 is 6.03 Å². The van der Waals surface area contributed by atoms with Crippen LogP contribution in [0.4, 0.5) is 10.5 Å². The number of anilines is 1. The Kier molecular flexibility index (Phi) is 2.92. The van der Waals surface area contributed by atoms with E-state index in [4.69, 9.17) is 0 Å². The minimum Gasteiger partial charge on any atom is -0.276 e. The van der Waals surface area contributed by atoms with E-state index < -0.39 is 23.3 Å². The highest BCUT2D eigenvalue weighted by Crippen LogP contribution is 2.28. The van der Waals surface area contributed by atoms with E-state index in [9.17, 15) is 14.4 Å². The number of hydrogen-bond donors (Lipinski definition) is 1. The lowest BCUT2D eigenvalue weighted by Gasteiger charge is -2.33. The number of aromatic nitrogens is 2. The van der Waals surface area contributed by atoms with E-state index in [1.54, 1.807) is 10.9 Å². The molecule has 0 aromatic carbocycles. The summed E-state index contributed by atoms with van der Waals surface area (Å²) in [6, 6.07) is -0.621. The van der Waals surface area contributed by atoms with E-state index in [1.165, 1.54) is 20.0 Å². The molecule has 2 heterocycles. The maximum atomic E-state index is 12.3. The maximum absolute atomic E-state index is 12.3. The topological polar surface area (TPSA) is 84.3 Å². The van der Waals surface area contributed by atoms with E-state index in [-0.39, 0.29) is 6.04 Å². The largest absolute Gasteiger partial charge is 0.335 e. The van der Waals surface area contributed by atoms with E-state index in [2.05, 4.69) is 10.4 Å². The molecule has 0 bridgehead atoms. The van der Waals surface area contributed by atoms with Crippen molar-refractivity contribution in [2.75, 3.05) is 4.90 Å². The second-order valence-electron chi connectivity index (χ2n) is 5.30. The Morgan fingerprint density at radius 3 is 2.42 bits per heavy atom. The number of hydrogen-bond acceptors (Lipinski definition) is 4. The lowest BCUT2D eigenvalue weighted by molar-refractivity contribution is -0.140. The second kappa shape index (κ2) is 4.18. The van der Waals surface area contributed by atoms with Crippen LogP contribution in [-0.4, -0.2) is 27.6 Å². The van der Waals surface area contributed by atoms with Crippen molar-refractivity contribution in [1.29, 1.82) is 0 Å². The molecule has 102 valence electrons. The molecule has 4 amide bonds. The molecule has 7 nitrogen and oxygen atoms in total. The van der Waals surface area contributed by atoms with Gasteiger partial charge in [-0.05, 0) is 27.7 Å². The van der Waals surface area contributed by atoms with E-state index in [1.807, 2.05) is 13.8 Å². The number of amides is 4. The predicted molar refractivity (Wildman–Crippen MR) is 67.4 cm³/mol. The summed E-state index contributed by atoms with van der Waals surface area (Å²) in [6.07, 6.45) is 3.04. The molecular weight excluding hydrogens is 248 g/mol. The van der Waals surface area contributed by atoms with Crippen molar-refractivity contribution in [3.63, 3.8) is 0 Å². The molecule has 0 atom stereocenters. The number of urea groups is 1. The van der Waals surface area contributed by atoms with E-state index in [0.717, 1.165) is 4.90 Å². The normalized spacial score (nSPS) is 19.0. The van der Waals surface area contributed by atoms with Gasteiger partial charge in [0.2, 0.25) is 11.8 Å². The lowest BCUT2D eigenvalue weighted by Crippen LogP contribution is -2.62. The number of rotatable bonds is 2. The van der Waals surface area contributed by atoms with Crippen LogP contribution in [0.3, 0.4) is 0 Å². The summed E-state index contributed by atoms with van der Waals surface area (Å²) in [4.78, 5) is 36.7. The molecule has 1 aliphatic heterocycles. The number of nitrogens with zero attached hydrogens (tertiary/aromatic N) is 3. The van der Waals surface area contributed by atoms with Crippen LogP contribution in [0.2, 0.25) is 0 Å². The first-order valence-electron chi connectivity index (χ1n) is 5.99. The summed E-state index contributed by atoms with van der Waals surface area (Å²) in [6.45, 7) is 6.83. The third-order valence-corrected chi connectivity index (χ3v) is 3.10. The monoisotopic (exact) mass is 264 g/mol. The fourth-order valence-corrected chi connectivity index (χ4v) is 1.74. The molecule has 0 spiro atoms. The zero-order valence-electron chi connectivity index (χ0n) is 11.3. The third-order valence-electron chi connectivity index (χ3n) is 3.10. The van der Waals surface area contributed by atoms with Gasteiger partial charge in [-0.15, -0.1) is 0 Å². The Labute approximate surface area is 110 Å². The molecule has 1 fully saturated rings. The molecule has 0 saturated carbocycles. The van der Waals surface area contributed by atoms with Crippen LogP contribution in [0.1, 0.15) is 33.7 Å². The Hall–Kier alpha value is -2.18. The van der Waals surface area contributed by atoms with Gasteiger partial charge in [0.25, 0.3) is 0 Å². The van der Waals surface area contributed by atoms with Gasteiger partial charge in [0.05, 0.1) is 11.9 Å². The molecule has 19 heavy (non-hydrogen) atoms. The van der Waals surface area contributed by atoms with Crippen LogP contribution in [-0.2, 0) is 9.59 Å². The molecule has 1 aromatic rings. The van der Waals surface area contributed by atoms with Gasteiger partial charge in [-0.3, -0.25) is 19.6 Å². The van der Waals surface area contributed by atoms with Gasteiger partial charge in [0, 0.05) is 12.2 Å².